The molecule has 4 nitrogen and oxygen atoms in total. The molecule has 0 amide bonds. The van der Waals surface area contributed by atoms with E-state index in [4.69, 9.17) is 14.2 Å². The van der Waals surface area contributed by atoms with Crippen LogP contribution in [0.5, 0.6) is 5.75 Å². The van der Waals surface area contributed by atoms with Crippen molar-refractivity contribution in [2.24, 2.45) is 0 Å². The topological polar surface area (TPSA) is 39.7 Å². The summed E-state index contributed by atoms with van der Waals surface area (Å²) in [7, 11) is 1.96. The summed E-state index contributed by atoms with van der Waals surface area (Å²) in [5.41, 5.74) is 1.24. The highest BCUT2D eigenvalue weighted by atomic mass is 16.5. The third-order valence-corrected chi connectivity index (χ3v) is 4.43. The summed E-state index contributed by atoms with van der Waals surface area (Å²) < 4.78 is 17.8. The molecule has 1 aromatic carbocycles. The van der Waals surface area contributed by atoms with Crippen molar-refractivity contribution < 1.29 is 14.2 Å². The first kappa shape index (κ1) is 14.8. The van der Waals surface area contributed by atoms with Crippen LogP contribution in [0.4, 0.5) is 0 Å². The van der Waals surface area contributed by atoms with Gasteiger partial charge in [0.15, 0.2) is 0 Å². The van der Waals surface area contributed by atoms with Gasteiger partial charge in [-0.15, -0.1) is 0 Å². The van der Waals surface area contributed by atoms with Gasteiger partial charge in [0.1, 0.15) is 11.9 Å². The number of hydrogen-bond acceptors (Lipinski definition) is 4. The molecular weight excluding hydrogens is 266 g/mol. The molecule has 0 bridgehead atoms. The van der Waals surface area contributed by atoms with E-state index >= 15 is 0 Å². The molecule has 0 radical (unpaired) electrons. The van der Waals surface area contributed by atoms with E-state index in [-0.39, 0.29) is 11.7 Å². The maximum Gasteiger partial charge on any atom is 0.120 e. The SMILES string of the molecule is CNCc1cccc(OC2CCOC3(CCOCC3)C2)c1. The Balaban J connectivity index is 1.63. The molecule has 2 saturated heterocycles. The van der Waals surface area contributed by atoms with E-state index in [0.717, 1.165) is 57.8 Å². The number of ether oxygens (including phenoxy) is 3. The summed E-state index contributed by atoms with van der Waals surface area (Å²) in [4.78, 5) is 0. The molecule has 2 aliphatic heterocycles. The molecule has 21 heavy (non-hydrogen) atoms. The molecule has 2 aliphatic rings. The van der Waals surface area contributed by atoms with E-state index in [1.165, 1.54) is 5.56 Å². The third-order valence-electron chi connectivity index (χ3n) is 4.43. The predicted molar refractivity (Wildman–Crippen MR) is 81.6 cm³/mol. The maximum atomic E-state index is 6.22. The monoisotopic (exact) mass is 291 g/mol. The molecule has 1 N–H and O–H groups in total. The Labute approximate surface area is 126 Å². The second-order valence-corrected chi connectivity index (χ2v) is 6.05. The largest absolute Gasteiger partial charge is 0.490 e. The summed E-state index contributed by atoms with van der Waals surface area (Å²) in [6, 6.07) is 8.35. The van der Waals surface area contributed by atoms with Crippen molar-refractivity contribution in [3.8, 4) is 5.75 Å². The van der Waals surface area contributed by atoms with Crippen molar-refractivity contribution in [1.82, 2.24) is 5.32 Å². The van der Waals surface area contributed by atoms with Crippen molar-refractivity contribution in [3.05, 3.63) is 29.8 Å². The molecule has 4 heteroatoms. The van der Waals surface area contributed by atoms with Gasteiger partial charge >= 0.3 is 0 Å². The Morgan fingerprint density at radius 3 is 2.95 bits per heavy atom. The normalized spacial score (nSPS) is 24.9. The van der Waals surface area contributed by atoms with Crippen LogP contribution in [0.3, 0.4) is 0 Å². The van der Waals surface area contributed by atoms with E-state index in [2.05, 4.69) is 23.5 Å². The molecular formula is C17H25NO3. The first-order valence-electron chi connectivity index (χ1n) is 7.92. The Bertz CT molecular complexity index is 452. The first-order valence-corrected chi connectivity index (χ1v) is 7.92. The highest BCUT2D eigenvalue weighted by Gasteiger charge is 2.39. The van der Waals surface area contributed by atoms with Crippen LogP contribution in [0, 0.1) is 0 Å². The average Bonchev–Trinajstić information content (AvgIpc) is 2.49. The minimum absolute atomic E-state index is 0.0102. The summed E-state index contributed by atoms with van der Waals surface area (Å²) >= 11 is 0. The molecule has 3 rings (SSSR count). The first-order chi connectivity index (χ1) is 10.3. The number of hydrogen-bond donors (Lipinski definition) is 1. The van der Waals surface area contributed by atoms with E-state index in [1.54, 1.807) is 0 Å². The zero-order valence-corrected chi connectivity index (χ0v) is 12.8. The van der Waals surface area contributed by atoms with E-state index in [0.29, 0.717) is 0 Å². The molecule has 116 valence electrons. The van der Waals surface area contributed by atoms with Crippen molar-refractivity contribution in [1.29, 1.82) is 0 Å². The van der Waals surface area contributed by atoms with Crippen LogP contribution in [0.25, 0.3) is 0 Å². The molecule has 1 unspecified atom stereocenters. The van der Waals surface area contributed by atoms with Gasteiger partial charge in [0, 0.05) is 32.6 Å². The van der Waals surface area contributed by atoms with Crippen LogP contribution in [0.1, 0.15) is 31.2 Å². The minimum atomic E-state index is -0.0102. The van der Waals surface area contributed by atoms with Gasteiger partial charge in [-0.3, -0.25) is 0 Å². The van der Waals surface area contributed by atoms with Gasteiger partial charge in [0.05, 0.1) is 12.2 Å². The number of nitrogens with one attached hydrogen (secondary N) is 1. The van der Waals surface area contributed by atoms with Gasteiger partial charge in [-0.1, -0.05) is 12.1 Å². The smallest absolute Gasteiger partial charge is 0.120 e. The Kier molecular flexibility index (Phi) is 4.78. The van der Waals surface area contributed by atoms with Crippen LogP contribution in [-0.2, 0) is 16.0 Å². The average molecular weight is 291 g/mol. The lowest BCUT2D eigenvalue weighted by Gasteiger charge is -2.43. The van der Waals surface area contributed by atoms with E-state index in [1.807, 2.05) is 13.1 Å². The van der Waals surface area contributed by atoms with Crippen LogP contribution < -0.4 is 10.1 Å². The van der Waals surface area contributed by atoms with Gasteiger partial charge < -0.3 is 19.5 Å². The van der Waals surface area contributed by atoms with Crippen LogP contribution >= 0.6 is 0 Å². The zero-order valence-electron chi connectivity index (χ0n) is 12.8. The van der Waals surface area contributed by atoms with E-state index in [9.17, 15) is 0 Å². The highest BCUT2D eigenvalue weighted by molar-refractivity contribution is 5.28. The summed E-state index contributed by atoms with van der Waals surface area (Å²) in [5.74, 6) is 0.969. The Morgan fingerprint density at radius 1 is 1.29 bits per heavy atom. The lowest BCUT2D eigenvalue weighted by atomic mass is 9.85. The van der Waals surface area contributed by atoms with Gasteiger partial charge in [-0.2, -0.15) is 0 Å². The summed E-state index contributed by atoms with van der Waals surface area (Å²) in [6.07, 6.45) is 4.19. The van der Waals surface area contributed by atoms with Crippen molar-refractivity contribution in [2.75, 3.05) is 26.9 Å². The van der Waals surface area contributed by atoms with Gasteiger partial charge in [-0.05, 0) is 37.6 Å². The lowest BCUT2D eigenvalue weighted by molar-refractivity contribution is -0.155. The van der Waals surface area contributed by atoms with Crippen LogP contribution in [0.15, 0.2) is 24.3 Å². The molecule has 2 fully saturated rings. The highest BCUT2D eigenvalue weighted by Crippen LogP contribution is 2.35. The Morgan fingerprint density at radius 2 is 2.14 bits per heavy atom. The third kappa shape index (κ3) is 3.76. The standard InChI is InChI=1S/C17H25NO3/c1-18-13-14-3-2-4-15(11-14)21-16-5-8-20-17(12-16)6-9-19-10-7-17/h2-4,11,16,18H,5-10,12-13H2,1H3. The lowest BCUT2D eigenvalue weighted by Crippen LogP contribution is -2.47. The van der Waals surface area contributed by atoms with Crippen molar-refractivity contribution in [2.45, 2.75) is 43.9 Å². The summed E-state index contributed by atoms with van der Waals surface area (Å²) in [6.45, 7) is 3.28. The zero-order chi connectivity index (χ0) is 14.5. The fraction of sp³-hybridized carbons (Fsp3) is 0.647. The van der Waals surface area contributed by atoms with Gasteiger partial charge in [-0.25, -0.2) is 0 Å². The second-order valence-electron chi connectivity index (χ2n) is 6.05. The fourth-order valence-electron chi connectivity index (χ4n) is 3.30. The molecule has 1 spiro atoms. The van der Waals surface area contributed by atoms with Crippen molar-refractivity contribution >= 4 is 0 Å². The predicted octanol–water partition coefficient (Wildman–Crippen LogP) is 2.51. The van der Waals surface area contributed by atoms with Crippen LogP contribution in [-0.4, -0.2) is 38.6 Å². The molecule has 0 saturated carbocycles. The van der Waals surface area contributed by atoms with Crippen LogP contribution in [0.2, 0.25) is 0 Å². The van der Waals surface area contributed by atoms with Crippen molar-refractivity contribution in [3.63, 3.8) is 0 Å². The quantitative estimate of drug-likeness (QED) is 0.925. The number of benzene rings is 1. The molecule has 0 aliphatic carbocycles. The van der Waals surface area contributed by atoms with Gasteiger partial charge in [0.2, 0.25) is 0 Å². The Hall–Kier alpha value is -1.10. The second kappa shape index (κ2) is 6.77. The maximum absolute atomic E-state index is 6.22. The van der Waals surface area contributed by atoms with E-state index < -0.39 is 0 Å². The molecule has 1 aromatic rings. The fourth-order valence-corrected chi connectivity index (χ4v) is 3.30. The van der Waals surface area contributed by atoms with Gasteiger partial charge in [0.25, 0.3) is 0 Å². The molecule has 1 atom stereocenters. The molecule has 2 heterocycles. The summed E-state index contributed by atoms with van der Waals surface area (Å²) in [5, 5.41) is 3.17. The minimum Gasteiger partial charge on any atom is -0.490 e. The molecule has 0 aromatic heterocycles. The number of rotatable bonds is 4.